The van der Waals surface area contributed by atoms with Gasteiger partial charge >= 0.3 is 0 Å². The highest BCUT2D eigenvalue weighted by Crippen LogP contribution is 2.13. The van der Waals surface area contributed by atoms with Gasteiger partial charge in [-0.15, -0.1) is 0 Å². The molecule has 0 aliphatic heterocycles. The van der Waals surface area contributed by atoms with Gasteiger partial charge in [0, 0.05) is 31.8 Å². The zero-order valence-corrected chi connectivity index (χ0v) is 12.2. The molecule has 0 amide bonds. The molecule has 6 heteroatoms. The molecule has 1 aromatic heterocycles. The Bertz CT molecular complexity index is 592. The Labute approximate surface area is 123 Å². The normalized spacial score (nSPS) is 10.4. The molecule has 0 saturated carbocycles. The van der Waals surface area contributed by atoms with Crippen LogP contribution in [0.4, 0.5) is 16.0 Å². The first kappa shape index (κ1) is 15.2. The van der Waals surface area contributed by atoms with Crippen molar-refractivity contribution in [3.63, 3.8) is 0 Å². The summed E-state index contributed by atoms with van der Waals surface area (Å²) in [5, 5.41) is 6.26. The number of hydrogen-bond acceptors (Lipinski definition) is 5. The minimum atomic E-state index is -0.228. The molecule has 5 nitrogen and oxygen atoms in total. The molecule has 0 saturated heterocycles. The van der Waals surface area contributed by atoms with Crippen LogP contribution in [-0.4, -0.2) is 30.2 Å². The van der Waals surface area contributed by atoms with E-state index in [-0.39, 0.29) is 5.82 Å². The van der Waals surface area contributed by atoms with Gasteiger partial charge in [0.1, 0.15) is 23.3 Å². The Morgan fingerprint density at radius 2 is 1.86 bits per heavy atom. The number of halogens is 1. The van der Waals surface area contributed by atoms with Crippen LogP contribution in [0.1, 0.15) is 11.4 Å². The fraction of sp³-hybridized carbons (Fsp3) is 0.333. The van der Waals surface area contributed by atoms with Gasteiger partial charge in [-0.05, 0) is 13.0 Å². The zero-order chi connectivity index (χ0) is 15.1. The van der Waals surface area contributed by atoms with Gasteiger partial charge in [-0.3, -0.25) is 0 Å². The first-order valence-corrected chi connectivity index (χ1v) is 6.75. The van der Waals surface area contributed by atoms with Crippen LogP contribution in [0.25, 0.3) is 0 Å². The van der Waals surface area contributed by atoms with Gasteiger partial charge in [0.25, 0.3) is 0 Å². The average molecular weight is 290 g/mol. The lowest BCUT2D eigenvalue weighted by atomic mass is 10.2. The van der Waals surface area contributed by atoms with Crippen LogP contribution in [0.2, 0.25) is 0 Å². The molecule has 2 aromatic rings. The molecule has 2 N–H and O–H groups in total. The van der Waals surface area contributed by atoms with Crippen molar-refractivity contribution in [3.05, 3.63) is 47.5 Å². The van der Waals surface area contributed by atoms with Crippen LogP contribution in [0, 0.1) is 12.7 Å². The quantitative estimate of drug-likeness (QED) is 0.768. The minimum Gasteiger partial charge on any atom is -0.383 e. The Morgan fingerprint density at radius 3 is 2.57 bits per heavy atom. The molecule has 0 aliphatic rings. The van der Waals surface area contributed by atoms with E-state index in [0.29, 0.717) is 36.9 Å². The molecule has 1 aromatic carbocycles. The third-order valence-corrected chi connectivity index (χ3v) is 2.87. The van der Waals surface area contributed by atoms with E-state index in [9.17, 15) is 4.39 Å². The predicted molar refractivity (Wildman–Crippen MR) is 80.9 cm³/mol. The number of benzene rings is 1. The third-order valence-electron chi connectivity index (χ3n) is 2.87. The number of aromatic nitrogens is 2. The van der Waals surface area contributed by atoms with Crippen LogP contribution < -0.4 is 10.6 Å². The van der Waals surface area contributed by atoms with Gasteiger partial charge in [0.15, 0.2) is 0 Å². The van der Waals surface area contributed by atoms with Crippen LogP contribution in [-0.2, 0) is 11.3 Å². The van der Waals surface area contributed by atoms with Crippen molar-refractivity contribution in [1.29, 1.82) is 0 Å². The molecule has 0 fully saturated rings. The largest absolute Gasteiger partial charge is 0.383 e. The van der Waals surface area contributed by atoms with E-state index >= 15 is 0 Å². The maximum Gasteiger partial charge on any atom is 0.132 e. The van der Waals surface area contributed by atoms with Crippen molar-refractivity contribution < 1.29 is 9.13 Å². The van der Waals surface area contributed by atoms with Gasteiger partial charge in [0.05, 0.1) is 6.61 Å². The molecule has 0 aliphatic carbocycles. The van der Waals surface area contributed by atoms with Crippen LogP contribution in [0.5, 0.6) is 0 Å². The number of rotatable bonds is 7. The second kappa shape index (κ2) is 7.54. The fourth-order valence-electron chi connectivity index (χ4n) is 1.86. The van der Waals surface area contributed by atoms with E-state index in [1.54, 1.807) is 25.3 Å². The summed E-state index contributed by atoms with van der Waals surface area (Å²) in [6.07, 6.45) is 0. The summed E-state index contributed by atoms with van der Waals surface area (Å²) in [6, 6.07) is 8.46. The third kappa shape index (κ3) is 4.68. The lowest BCUT2D eigenvalue weighted by molar-refractivity contribution is 0.210. The number of anilines is 2. The van der Waals surface area contributed by atoms with Gasteiger partial charge in [-0.25, -0.2) is 14.4 Å². The second-order valence-electron chi connectivity index (χ2n) is 4.55. The summed E-state index contributed by atoms with van der Waals surface area (Å²) < 4.78 is 18.5. The molecule has 0 spiro atoms. The highest BCUT2D eigenvalue weighted by molar-refractivity contribution is 5.47. The summed E-state index contributed by atoms with van der Waals surface area (Å²) >= 11 is 0. The first-order chi connectivity index (χ1) is 10.2. The summed E-state index contributed by atoms with van der Waals surface area (Å²) in [7, 11) is 1.65. The summed E-state index contributed by atoms with van der Waals surface area (Å²) in [5.41, 5.74) is 0.600. The van der Waals surface area contributed by atoms with Crippen molar-refractivity contribution in [2.75, 3.05) is 30.9 Å². The molecular formula is C15H19FN4O. The van der Waals surface area contributed by atoms with Crippen LogP contribution in [0.15, 0.2) is 30.3 Å². The van der Waals surface area contributed by atoms with Crippen LogP contribution in [0.3, 0.4) is 0 Å². The molecule has 0 bridgehead atoms. The Balaban J connectivity index is 2.01. The molecule has 2 rings (SSSR count). The van der Waals surface area contributed by atoms with Gasteiger partial charge in [-0.2, -0.15) is 0 Å². The Kier molecular flexibility index (Phi) is 5.45. The maximum absolute atomic E-state index is 13.6. The Morgan fingerprint density at radius 1 is 1.14 bits per heavy atom. The number of aryl methyl sites for hydroxylation is 1. The molecule has 21 heavy (non-hydrogen) atoms. The molecule has 112 valence electrons. The van der Waals surface area contributed by atoms with E-state index in [2.05, 4.69) is 20.6 Å². The summed E-state index contributed by atoms with van der Waals surface area (Å²) in [4.78, 5) is 8.58. The number of nitrogens with one attached hydrogen (secondary N) is 2. The number of methoxy groups -OCH3 is 1. The zero-order valence-electron chi connectivity index (χ0n) is 12.2. The first-order valence-electron chi connectivity index (χ1n) is 6.75. The summed E-state index contributed by atoms with van der Waals surface area (Å²) in [5.74, 6) is 1.80. The lowest BCUT2D eigenvalue weighted by Crippen LogP contribution is -2.11. The van der Waals surface area contributed by atoms with E-state index in [1.807, 2.05) is 13.0 Å². The molecule has 0 atom stereocenters. The van der Waals surface area contributed by atoms with E-state index in [1.165, 1.54) is 6.07 Å². The number of ether oxygens (including phenoxy) is 1. The van der Waals surface area contributed by atoms with Gasteiger partial charge < -0.3 is 15.4 Å². The van der Waals surface area contributed by atoms with Crippen molar-refractivity contribution in [2.45, 2.75) is 13.5 Å². The monoisotopic (exact) mass is 290 g/mol. The van der Waals surface area contributed by atoms with Gasteiger partial charge in [-0.1, -0.05) is 18.2 Å². The van der Waals surface area contributed by atoms with Crippen molar-refractivity contribution in [3.8, 4) is 0 Å². The molecular weight excluding hydrogens is 271 g/mol. The molecule has 0 unspecified atom stereocenters. The number of hydrogen-bond donors (Lipinski definition) is 2. The topological polar surface area (TPSA) is 59.1 Å². The van der Waals surface area contributed by atoms with Crippen LogP contribution >= 0.6 is 0 Å². The van der Waals surface area contributed by atoms with Crippen molar-refractivity contribution >= 4 is 11.6 Å². The van der Waals surface area contributed by atoms with Crippen molar-refractivity contribution in [2.24, 2.45) is 0 Å². The highest BCUT2D eigenvalue weighted by Gasteiger charge is 2.04. The Hall–Kier alpha value is -2.21. The fourth-order valence-corrected chi connectivity index (χ4v) is 1.86. The van der Waals surface area contributed by atoms with E-state index in [4.69, 9.17) is 4.74 Å². The smallest absolute Gasteiger partial charge is 0.132 e. The number of nitrogens with zero attached hydrogens (tertiary/aromatic N) is 2. The molecule has 0 radical (unpaired) electrons. The predicted octanol–water partition coefficient (Wildman–Crippen LogP) is 2.59. The van der Waals surface area contributed by atoms with E-state index < -0.39 is 0 Å². The van der Waals surface area contributed by atoms with E-state index in [0.717, 1.165) is 5.82 Å². The minimum absolute atomic E-state index is 0.228. The highest BCUT2D eigenvalue weighted by atomic mass is 19.1. The lowest BCUT2D eigenvalue weighted by Gasteiger charge is -2.10. The van der Waals surface area contributed by atoms with Crippen molar-refractivity contribution in [1.82, 2.24) is 9.97 Å². The van der Waals surface area contributed by atoms with Gasteiger partial charge in [0.2, 0.25) is 0 Å². The average Bonchev–Trinajstić information content (AvgIpc) is 2.46. The summed E-state index contributed by atoms with van der Waals surface area (Å²) in [6.45, 7) is 3.46. The molecule has 1 heterocycles. The second-order valence-corrected chi connectivity index (χ2v) is 4.55. The maximum atomic E-state index is 13.6. The standard InChI is InChI=1S/C15H19FN4O/c1-11-19-14(17-7-8-21-2)9-15(20-11)18-10-12-5-3-4-6-13(12)16/h3-6,9H,7-8,10H2,1-2H3,(H2,17,18,19,20). The SMILES string of the molecule is COCCNc1cc(NCc2ccccc2F)nc(C)n1.